The van der Waals surface area contributed by atoms with Crippen LogP contribution in [0.15, 0.2) is 72.8 Å². The van der Waals surface area contributed by atoms with E-state index in [1.165, 1.54) is 29.8 Å². The van der Waals surface area contributed by atoms with Gasteiger partial charge in [-0.15, -0.1) is 0 Å². The van der Waals surface area contributed by atoms with Gasteiger partial charge in [0.25, 0.3) is 0 Å². The first-order valence-electron chi connectivity index (χ1n) is 13.5. The molecule has 0 radical (unpaired) electrons. The highest BCUT2D eigenvalue weighted by molar-refractivity contribution is 5.91. The Morgan fingerprint density at radius 2 is 1.63 bits per heavy atom. The smallest absolute Gasteiger partial charge is 0.349 e. The third kappa shape index (κ3) is 6.94. The Labute approximate surface area is 223 Å². The number of halogens is 3. The molecule has 0 aliphatic heterocycles. The number of carbonyl (C=O) groups is 1. The fourth-order valence-corrected chi connectivity index (χ4v) is 5.53. The van der Waals surface area contributed by atoms with E-state index in [4.69, 9.17) is 4.74 Å². The van der Waals surface area contributed by atoms with E-state index in [0.29, 0.717) is 35.8 Å². The molecule has 5 heteroatoms. The molecular weight excluding hydrogens is 485 g/mol. The quantitative estimate of drug-likeness (QED) is 0.160. The number of hydrogen-bond donors (Lipinski definition) is 0. The van der Waals surface area contributed by atoms with Crippen LogP contribution in [-0.2, 0) is 6.42 Å². The number of esters is 1. The fourth-order valence-electron chi connectivity index (χ4n) is 5.53. The van der Waals surface area contributed by atoms with Crippen molar-refractivity contribution in [2.75, 3.05) is 0 Å². The van der Waals surface area contributed by atoms with Crippen molar-refractivity contribution < 1.29 is 22.7 Å². The second-order valence-corrected chi connectivity index (χ2v) is 10.4. The Morgan fingerprint density at radius 3 is 2.26 bits per heavy atom. The van der Waals surface area contributed by atoms with Crippen LogP contribution in [-0.4, -0.2) is 5.97 Å². The van der Waals surface area contributed by atoms with Crippen molar-refractivity contribution in [1.82, 2.24) is 0 Å². The second kappa shape index (κ2) is 12.9. The van der Waals surface area contributed by atoms with Gasteiger partial charge in [-0.2, -0.15) is 0 Å². The molecule has 0 unspecified atom stereocenters. The number of allylic oxidation sites excluding steroid dienone is 2. The highest BCUT2D eigenvalue weighted by Gasteiger charge is 2.27. The van der Waals surface area contributed by atoms with Gasteiger partial charge in [-0.25, -0.2) is 18.0 Å². The molecular formula is C33H35F3O2. The highest BCUT2D eigenvalue weighted by atomic mass is 19.1. The second-order valence-electron chi connectivity index (χ2n) is 10.4. The Bertz CT molecular complexity index is 1240. The van der Waals surface area contributed by atoms with Gasteiger partial charge in [0.05, 0.1) is 0 Å². The minimum absolute atomic E-state index is 0.0524. The van der Waals surface area contributed by atoms with Gasteiger partial charge >= 0.3 is 5.97 Å². The third-order valence-electron chi connectivity index (χ3n) is 7.69. The Hall–Kier alpha value is -3.34. The zero-order valence-corrected chi connectivity index (χ0v) is 22.1. The van der Waals surface area contributed by atoms with E-state index in [1.54, 1.807) is 0 Å². The normalized spacial score (nSPS) is 18.4. The molecule has 200 valence electrons. The van der Waals surface area contributed by atoms with Crippen LogP contribution >= 0.6 is 0 Å². The van der Waals surface area contributed by atoms with Crippen molar-refractivity contribution in [1.29, 1.82) is 0 Å². The topological polar surface area (TPSA) is 26.3 Å². The minimum Gasteiger partial charge on any atom is -0.423 e. The monoisotopic (exact) mass is 520 g/mol. The molecule has 0 aromatic heterocycles. The summed E-state index contributed by atoms with van der Waals surface area (Å²) in [6, 6.07) is 17.0. The average molecular weight is 521 g/mol. The summed E-state index contributed by atoms with van der Waals surface area (Å²) in [6.07, 6.45) is 9.83. The van der Waals surface area contributed by atoms with Gasteiger partial charge in [0.15, 0.2) is 0 Å². The van der Waals surface area contributed by atoms with Crippen LogP contribution in [0.2, 0.25) is 0 Å². The first-order valence-corrected chi connectivity index (χ1v) is 13.5. The maximum absolute atomic E-state index is 15.0. The minimum atomic E-state index is -1.17. The Kier molecular flexibility index (Phi) is 9.43. The predicted octanol–water partition coefficient (Wildman–Crippen LogP) is 9.30. The van der Waals surface area contributed by atoms with Gasteiger partial charge in [-0.05, 0) is 105 Å². The molecule has 0 saturated heterocycles. The lowest BCUT2D eigenvalue weighted by Gasteiger charge is -2.30. The molecule has 3 aromatic rings. The van der Waals surface area contributed by atoms with Gasteiger partial charge in [0.2, 0.25) is 0 Å². The lowest BCUT2D eigenvalue weighted by Crippen LogP contribution is -2.17. The number of ether oxygens (including phenoxy) is 1. The molecule has 1 aliphatic rings. The van der Waals surface area contributed by atoms with Crippen LogP contribution in [0, 0.1) is 23.4 Å². The summed E-state index contributed by atoms with van der Waals surface area (Å²) in [4.78, 5) is 12.6. The van der Waals surface area contributed by atoms with E-state index in [1.807, 2.05) is 25.1 Å². The molecule has 1 aliphatic carbocycles. The van der Waals surface area contributed by atoms with Gasteiger partial charge in [0.1, 0.15) is 28.8 Å². The number of hydrogen-bond acceptors (Lipinski definition) is 2. The largest absolute Gasteiger partial charge is 0.423 e. The van der Waals surface area contributed by atoms with E-state index >= 15 is 0 Å². The molecule has 1 fully saturated rings. The maximum Gasteiger partial charge on any atom is 0.349 e. The van der Waals surface area contributed by atoms with Crippen molar-refractivity contribution in [3.05, 3.63) is 113 Å². The van der Waals surface area contributed by atoms with Crippen LogP contribution in [0.1, 0.15) is 91.3 Å². The average Bonchev–Trinajstić information content (AvgIpc) is 2.90. The first-order chi connectivity index (χ1) is 18.4. The van der Waals surface area contributed by atoms with Crippen molar-refractivity contribution in [2.24, 2.45) is 5.92 Å². The molecule has 3 aromatic carbocycles. The van der Waals surface area contributed by atoms with E-state index in [9.17, 15) is 18.0 Å². The summed E-state index contributed by atoms with van der Waals surface area (Å²) in [5.74, 6) is -2.58. The van der Waals surface area contributed by atoms with E-state index < -0.39 is 29.0 Å². The van der Waals surface area contributed by atoms with Crippen LogP contribution in [0.25, 0.3) is 0 Å². The van der Waals surface area contributed by atoms with Crippen molar-refractivity contribution in [3.8, 4) is 5.75 Å². The molecule has 1 saturated carbocycles. The zero-order valence-electron chi connectivity index (χ0n) is 22.1. The first kappa shape index (κ1) is 27.7. The maximum atomic E-state index is 15.0. The van der Waals surface area contributed by atoms with Gasteiger partial charge in [-0.1, -0.05) is 55.5 Å². The summed E-state index contributed by atoms with van der Waals surface area (Å²) < 4.78 is 49.4. The highest BCUT2D eigenvalue weighted by Crippen LogP contribution is 2.40. The van der Waals surface area contributed by atoms with Crippen LogP contribution in [0.5, 0.6) is 5.75 Å². The lowest BCUT2D eigenvalue weighted by molar-refractivity contribution is 0.0724. The Balaban J connectivity index is 1.36. The summed E-state index contributed by atoms with van der Waals surface area (Å²) >= 11 is 0. The number of benzene rings is 3. The van der Waals surface area contributed by atoms with E-state index in [2.05, 4.69) is 31.2 Å². The summed E-state index contributed by atoms with van der Waals surface area (Å²) in [7, 11) is 0. The van der Waals surface area contributed by atoms with Gasteiger partial charge in [0, 0.05) is 6.07 Å². The zero-order chi connectivity index (χ0) is 27.1. The summed E-state index contributed by atoms with van der Waals surface area (Å²) in [5, 5.41) is 0. The van der Waals surface area contributed by atoms with Crippen molar-refractivity contribution >= 4 is 5.97 Å². The van der Waals surface area contributed by atoms with Crippen LogP contribution in [0.4, 0.5) is 13.2 Å². The summed E-state index contributed by atoms with van der Waals surface area (Å²) in [5.41, 5.74) is 1.64. The molecule has 38 heavy (non-hydrogen) atoms. The molecule has 4 rings (SSSR count). The molecule has 0 N–H and O–H groups in total. The standard InChI is InChI=1S/C33H35F3O2/c1-3-4-6-11-26-16-17-28(21-29(26)34)38-33(37)32-30(35)19-27(20-31(32)36)25-14-12-23(13-15-25)18-22(2)24-9-7-5-8-10-24/h3-5,7-10,16-17,19-23,25H,6,11-15,18H2,1-2H3/t22-,23?,25?/m1/s1. The Morgan fingerprint density at radius 1 is 0.947 bits per heavy atom. The number of carbonyl (C=O) groups excluding carboxylic acids is 1. The van der Waals surface area contributed by atoms with Gasteiger partial charge in [-0.3, -0.25) is 0 Å². The molecule has 0 heterocycles. The molecule has 1 atom stereocenters. The SMILES string of the molecule is CC=CCCc1ccc(OC(=O)c2c(F)cc(C3CCC(C[C@@H](C)c4ccccc4)CC3)cc2F)cc1F. The molecule has 0 spiro atoms. The molecule has 0 amide bonds. The molecule has 2 nitrogen and oxygen atoms in total. The van der Waals surface area contributed by atoms with Crippen LogP contribution in [0.3, 0.4) is 0 Å². The number of aryl methyl sites for hydroxylation is 1. The van der Waals surface area contributed by atoms with Crippen LogP contribution < -0.4 is 4.74 Å². The predicted molar refractivity (Wildman–Crippen MR) is 145 cm³/mol. The van der Waals surface area contributed by atoms with Crippen molar-refractivity contribution in [3.63, 3.8) is 0 Å². The summed E-state index contributed by atoms with van der Waals surface area (Å²) in [6.45, 7) is 4.14. The van der Waals surface area contributed by atoms with Gasteiger partial charge < -0.3 is 4.74 Å². The fraction of sp³-hybridized carbons (Fsp3) is 0.364. The van der Waals surface area contributed by atoms with E-state index in [0.717, 1.165) is 38.2 Å². The molecule has 0 bridgehead atoms. The number of rotatable bonds is 9. The lowest BCUT2D eigenvalue weighted by atomic mass is 9.75. The van der Waals surface area contributed by atoms with E-state index in [-0.39, 0.29) is 11.7 Å². The van der Waals surface area contributed by atoms with Crippen molar-refractivity contribution in [2.45, 2.75) is 70.6 Å². The third-order valence-corrected chi connectivity index (χ3v) is 7.69.